The maximum atomic E-state index is 9.19. The fraction of sp³-hybridized carbons (Fsp3) is 1.00. The van der Waals surface area contributed by atoms with Crippen molar-refractivity contribution in [3.63, 3.8) is 0 Å². The first-order valence-corrected chi connectivity index (χ1v) is 3.84. The first kappa shape index (κ1) is 7.03. The van der Waals surface area contributed by atoms with Crippen molar-refractivity contribution in [3.05, 3.63) is 0 Å². The van der Waals surface area contributed by atoms with E-state index in [0.29, 0.717) is 0 Å². The molecule has 1 fully saturated rings. The summed E-state index contributed by atoms with van der Waals surface area (Å²) in [5.74, 6) is 0. The van der Waals surface area contributed by atoms with Gasteiger partial charge in [-0.05, 0) is 19.8 Å². The lowest BCUT2D eigenvalue weighted by Gasteiger charge is -2.25. The molecule has 0 amide bonds. The number of aliphatic hydroxyl groups is 1. The van der Waals surface area contributed by atoms with Crippen LogP contribution in [-0.2, 0) is 0 Å². The molecule has 1 unspecified atom stereocenters. The van der Waals surface area contributed by atoms with Crippen LogP contribution in [0.5, 0.6) is 0 Å². The van der Waals surface area contributed by atoms with Gasteiger partial charge < -0.3 is 10.0 Å². The zero-order valence-electron chi connectivity index (χ0n) is 6.06. The summed E-state index contributed by atoms with van der Waals surface area (Å²) in [6.45, 7) is 5.56. The molecule has 9 heavy (non-hydrogen) atoms. The molecule has 2 nitrogen and oxygen atoms in total. The average Bonchev–Trinajstić information content (AvgIpc) is 1.88. The Bertz CT molecular complexity index is 85.0. The smallest absolute Gasteiger partial charge is 0.103 e. The van der Waals surface area contributed by atoms with Crippen molar-refractivity contribution in [3.8, 4) is 0 Å². The van der Waals surface area contributed by atoms with E-state index in [1.54, 1.807) is 4.90 Å². The number of quaternary nitrogens is 1. The highest BCUT2D eigenvalue weighted by molar-refractivity contribution is 4.56. The number of aliphatic hydroxyl groups excluding tert-OH is 1. The van der Waals surface area contributed by atoms with E-state index in [1.165, 1.54) is 13.0 Å². The third-order valence-electron chi connectivity index (χ3n) is 2.09. The first-order chi connectivity index (χ1) is 4.33. The summed E-state index contributed by atoms with van der Waals surface area (Å²) in [5.41, 5.74) is 0. The Labute approximate surface area is 56.5 Å². The van der Waals surface area contributed by atoms with Crippen LogP contribution in [-0.4, -0.2) is 30.8 Å². The van der Waals surface area contributed by atoms with Crippen LogP contribution in [0.3, 0.4) is 0 Å². The number of hydrogen-bond acceptors (Lipinski definition) is 1. The molecule has 0 aromatic rings. The molecular weight excluding hydrogens is 114 g/mol. The van der Waals surface area contributed by atoms with Gasteiger partial charge in [0.1, 0.15) is 12.6 Å². The van der Waals surface area contributed by atoms with Crippen LogP contribution in [0.25, 0.3) is 0 Å². The fourth-order valence-electron chi connectivity index (χ4n) is 1.45. The Morgan fingerprint density at radius 2 is 2.44 bits per heavy atom. The van der Waals surface area contributed by atoms with Crippen molar-refractivity contribution in [2.24, 2.45) is 0 Å². The van der Waals surface area contributed by atoms with Crippen LogP contribution in [0.15, 0.2) is 0 Å². The molecule has 2 heteroatoms. The van der Waals surface area contributed by atoms with E-state index in [2.05, 4.69) is 6.92 Å². The summed E-state index contributed by atoms with van der Waals surface area (Å²) in [6.07, 6.45) is 2.20. The Hall–Kier alpha value is -0.0800. The number of likely N-dealkylation sites (tertiary alicyclic amines) is 1. The van der Waals surface area contributed by atoms with Gasteiger partial charge in [-0.2, -0.15) is 0 Å². The van der Waals surface area contributed by atoms with Crippen molar-refractivity contribution in [1.82, 2.24) is 0 Å². The summed E-state index contributed by atoms with van der Waals surface area (Å²) in [5, 5.41) is 9.19. The van der Waals surface area contributed by atoms with Crippen molar-refractivity contribution in [2.75, 3.05) is 19.6 Å². The Balaban J connectivity index is 2.23. The molecule has 2 atom stereocenters. The van der Waals surface area contributed by atoms with Crippen LogP contribution in [0.4, 0.5) is 0 Å². The third kappa shape index (κ3) is 1.95. The molecule has 0 aromatic heterocycles. The number of likely N-dealkylation sites (N-methyl/N-ethyl adjacent to an activating group) is 1. The number of rotatable bonds is 1. The van der Waals surface area contributed by atoms with Gasteiger partial charge >= 0.3 is 0 Å². The van der Waals surface area contributed by atoms with E-state index >= 15 is 0 Å². The van der Waals surface area contributed by atoms with Gasteiger partial charge in [-0.1, -0.05) is 0 Å². The van der Waals surface area contributed by atoms with Gasteiger partial charge in [0.05, 0.1) is 13.1 Å². The standard InChI is InChI=1S/C7H15NO/c1-2-8-5-3-4-7(9)6-8/h7,9H,2-6H2,1H3/p+1/t7-/m0/s1. The van der Waals surface area contributed by atoms with Gasteiger partial charge in [-0.15, -0.1) is 0 Å². The second-order valence-electron chi connectivity index (χ2n) is 2.85. The van der Waals surface area contributed by atoms with E-state index in [-0.39, 0.29) is 6.10 Å². The van der Waals surface area contributed by atoms with Crippen LogP contribution in [0.1, 0.15) is 19.8 Å². The van der Waals surface area contributed by atoms with E-state index in [0.717, 1.165) is 19.5 Å². The number of nitrogens with one attached hydrogen (secondary N) is 1. The van der Waals surface area contributed by atoms with E-state index in [1.807, 2.05) is 0 Å². The molecule has 1 rings (SSSR count). The SMILES string of the molecule is CC[NH+]1CCC[C@H](O)C1. The molecule has 0 bridgehead atoms. The first-order valence-electron chi connectivity index (χ1n) is 3.84. The predicted molar refractivity (Wildman–Crippen MR) is 36.5 cm³/mol. The summed E-state index contributed by atoms with van der Waals surface area (Å²) < 4.78 is 0. The lowest BCUT2D eigenvalue weighted by Crippen LogP contribution is -3.13. The lowest BCUT2D eigenvalue weighted by molar-refractivity contribution is -0.906. The van der Waals surface area contributed by atoms with Crippen LogP contribution in [0.2, 0.25) is 0 Å². The Kier molecular flexibility index (Phi) is 2.49. The van der Waals surface area contributed by atoms with Crippen molar-refractivity contribution >= 4 is 0 Å². The Morgan fingerprint density at radius 3 is 2.89 bits per heavy atom. The number of hydrogen-bond donors (Lipinski definition) is 2. The summed E-state index contributed by atoms with van der Waals surface area (Å²) >= 11 is 0. The van der Waals surface area contributed by atoms with Gasteiger partial charge in [0.15, 0.2) is 0 Å². The van der Waals surface area contributed by atoms with E-state index in [4.69, 9.17) is 0 Å². The van der Waals surface area contributed by atoms with Crippen LogP contribution >= 0.6 is 0 Å². The normalized spacial score (nSPS) is 36.7. The maximum Gasteiger partial charge on any atom is 0.103 e. The summed E-state index contributed by atoms with van der Waals surface area (Å²) in [4.78, 5) is 1.55. The topological polar surface area (TPSA) is 24.7 Å². The molecule has 1 aliphatic rings. The summed E-state index contributed by atoms with van der Waals surface area (Å²) in [6, 6.07) is 0. The maximum absolute atomic E-state index is 9.19. The summed E-state index contributed by atoms with van der Waals surface area (Å²) in [7, 11) is 0. The largest absolute Gasteiger partial charge is 0.387 e. The fourth-order valence-corrected chi connectivity index (χ4v) is 1.45. The zero-order valence-corrected chi connectivity index (χ0v) is 6.06. The second kappa shape index (κ2) is 3.18. The highest BCUT2D eigenvalue weighted by Gasteiger charge is 2.18. The van der Waals surface area contributed by atoms with Gasteiger partial charge in [0.2, 0.25) is 0 Å². The molecule has 1 saturated heterocycles. The molecule has 0 radical (unpaired) electrons. The molecule has 0 aromatic carbocycles. The molecular formula is C7H16NO+. The van der Waals surface area contributed by atoms with Crippen LogP contribution < -0.4 is 4.90 Å². The molecule has 54 valence electrons. The Morgan fingerprint density at radius 1 is 1.67 bits per heavy atom. The molecule has 2 N–H and O–H groups in total. The lowest BCUT2D eigenvalue weighted by atomic mass is 10.1. The minimum absolute atomic E-state index is 0.0197. The van der Waals surface area contributed by atoms with Crippen molar-refractivity contribution in [1.29, 1.82) is 0 Å². The van der Waals surface area contributed by atoms with Crippen molar-refractivity contribution in [2.45, 2.75) is 25.9 Å². The quantitative estimate of drug-likeness (QED) is 0.470. The zero-order chi connectivity index (χ0) is 6.69. The number of piperidine rings is 1. The minimum Gasteiger partial charge on any atom is -0.387 e. The van der Waals surface area contributed by atoms with Gasteiger partial charge in [0, 0.05) is 0 Å². The van der Waals surface area contributed by atoms with Gasteiger partial charge in [-0.3, -0.25) is 0 Å². The predicted octanol–water partition coefficient (Wildman–Crippen LogP) is -0.954. The molecule has 0 spiro atoms. The highest BCUT2D eigenvalue weighted by atomic mass is 16.3. The molecule has 0 saturated carbocycles. The second-order valence-corrected chi connectivity index (χ2v) is 2.85. The minimum atomic E-state index is -0.0197. The van der Waals surface area contributed by atoms with E-state index in [9.17, 15) is 5.11 Å². The highest BCUT2D eigenvalue weighted by Crippen LogP contribution is 1.95. The molecule has 1 aliphatic heterocycles. The molecule has 1 heterocycles. The van der Waals surface area contributed by atoms with Gasteiger partial charge in [-0.25, -0.2) is 0 Å². The van der Waals surface area contributed by atoms with E-state index < -0.39 is 0 Å². The molecule has 0 aliphatic carbocycles. The average molecular weight is 130 g/mol. The van der Waals surface area contributed by atoms with Gasteiger partial charge in [0.25, 0.3) is 0 Å². The van der Waals surface area contributed by atoms with Crippen molar-refractivity contribution < 1.29 is 10.0 Å². The monoisotopic (exact) mass is 130 g/mol. The van der Waals surface area contributed by atoms with Crippen LogP contribution in [0, 0.1) is 0 Å². The third-order valence-corrected chi connectivity index (χ3v) is 2.09.